The molecular weight excluding hydrogens is 276 g/mol. The molecule has 1 saturated heterocycles. The Morgan fingerprint density at radius 3 is 3.06 bits per heavy atom. The second kappa shape index (κ2) is 4.91. The van der Waals surface area contributed by atoms with Crippen molar-refractivity contribution in [2.45, 2.75) is 19.3 Å². The number of rotatable bonds is 1. The highest BCUT2D eigenvalue weighted by atomic mass is 79.9. The molecule has 90 valence electrons. The van der Waals surface area contributed by atoms with E-state index in [0.717, 1.165) is 23.0 Å². The molecule has 2 heterocycles. The number of fused-ring (bicyclic) bond motifs is 1. The zero-order valence-corrected chi connectivity index (χ0v) is 11.4. The van der Waals surface area contributed by atoms with Gasteiger partial charge in [-0.3, -0.25) is 0 Å². The standard InChI is InChI=1S/C14H17BrN2/c15-14-4-3-12(9-17-14)11-2-1-10-5-6-16-8-13(10)7-11/h3-4,7,9-10,13,16H,1-2,5-6,8H2/t10-,13+/m1/s1. The van der Waals surface area contributed by atoms with Crippen molar-refractivity contribution in [1.29, 1.82) is 0 Å². The predicted octanol–water partition coefficient (Wildman–Crippen LogP) is 3.25. The molecule has 2 aliphatic rings. The van der Waals surface area contributed by atoms with Crippen molar-refractivity contribution >= 4 is 21.5 Å². The van der Waals surface area contributed by atoms with Crippen LogP contribution < -0.4 is 5.32 Å². The van der Waals surface area contributed by atoms with Crippen LogP contribution in [0.4, 0.5) is 0 Å². The number of pyridine rings is 1. The van der Waals surface area contributed by atoms with Gasteiger partial charge in [0.15, 0.2) is 0 Å². The van der Waals surface area contributed by atoms with E-state index in [1.807, 2.05) is 12.3 Å². The molecule has 0 bridgehead atoms. The summed E-state index contributed by atoms with van der Waals surface area (Å²) in [5, 5.41) is 3.50. The summed E-state index contributed by atoms with van der Waals surface area (Å²) >= 11 is 3.38. The highest BCUT2D eigenvalue weighted by Gasteiger charge is 2.27. The summed E-state index contributed by atoms with van der Waals surface area (Å²) in [4.78, 5) is 4.32. The Hall–Kier alpha value is -0.670. The van der Waals surface area contributed by atoms with Crippen LogP contribution in [0.1, 0.15) is 24.8 Å². The second-order valence-corrected chi connectivity index (χ2v) is 5.83. The molecule has 1 aromatic rings. The van der Waals surface area contributed by atoms with E-state index < -0.39 is 0 Å². The van der Waals surface area contributed by atoms with Crippen molar-refractivity contribution in [3.05, 3.63) is 34.6 Å². The minimum atomic E-state index is 0.733. The third kappa shape index (κ3) is 2.45. The molecule has 3 heteroatoms. The summed E-state index contributed by atoms with van der Waals surface area (Å²) in [6.07, 6.45) is 8.35. The molecule has 2 nitrogen and oxygen atoms in total. The lowest BCUT2D eigenvalue weighted by Crippen LogP contribution is -2.37. The lowest BCUT2D eigenvalue weighted by Gasteiger charge is -2.34. The second-order valence-electron chi connectivity index (χ2n) is 5.02. The van der Waals surface area contributed by atoms with Gasteiger partial charge in [-0.15, -0.1) is 0 Å². The molecule has 2 atom stereocenters. The average molecular weight is 293 g/mol. The van der Waals surface area contributed by atoms with Crippen molar-refractivity contribution in [2.24, 2.45) is 11.8 Å². The van der Waals surface area contributed by atoms with Crippen molar-refractivity contribution in [1.82, 2.24) is 10.3 Å². The molecule has 1 aromatic heterocycles. The van der Waals surface area contributed by atoms with E-state index in [2.05, 4.69) is 38.4 Å². The van der Waals surface area contributed by atoms with Crippen molar-refractivity contribution < 1.29 is 0 Å². The number of nitrogens with one attached hydrogen (secondary N) is 1. The number of aromatic nitrogens is 1. The van der Waals surface area contributed by atoms with E-state index in [0.29, 0.717) is 0 Å². The molecular formula is C14H17BrN2. The number of allylic oxidation sites excluding steroid dienone is 1. The van der Waals surface area contributed by atoms with E-state index in [1.54, 1.807) is 0 Å². The fourth-order valence-electron chi connectivity index (χ4n) is 2.98. The van der Waals surface area contributed by atoms with Crippen LogP contribution in [0.25, 0.3) is 5.57 Å². The Morgan fingerprint density at radius 1 is 1.29 bits per heavy atom. The lowest BCUT2D eigenvalue weighted by atomic mass is 9.76. The average Bonchev–Trinajstić information content (AvgIpc) is 2.39. The molecule has 0 aromatic carbocycles. The third-order valence-electron chi connectivity index (χ3n) is 3.98. The summed E-state index contributed by atoms with van der Waals surface area (Å²) in [5.41, 5.74) is 2.77. The molecule has 0 spiro atoms. The third-order valence-corrected chi connectivity index (χ3v) is 4.44. The van der Waals surface area contributed by atoms with Gasteiger partial charge in [0.1, 0.15) is 4.60 Å². The van der Waals surface area contributed by atoms with Crippen LogP contribution in [0.3, 0.4) is 0 Å². The summed E-state index contributed by atoms with van der Waals surface area (Å²) in [6, 6.07) is 4.20. The van der Waals surface area contributed by atoms with Crippen molar-refractivity contribution in [3.8, 4) is 0 Å². The highest BCUT2D eigenvalue weighted by molar-refractivity contribution is 9.10. The normalized spacial score (nSPS) is 28.4. The monoisotopic (exact) mass is 292 g/mol. The first-order chi connectivity index (χ1) is 8.33. The van der Waals surface area contributed by atoms with Gasteiger partial charge in [-0.25, -0.2) is 4.98 Å². The Kier molecular flexibility index (Phi) is 3.30. The number of halogens is 1. The number of hydrogen-bond donors (Lipinski definition) is 1. The van der Waals surface area contributed by atoms with Crippen LogP contribution in [-0.2, 0) is 0 Å². The van der Waals surface area contributed by atoms with Crippen LogP contribution in [0.5, 0.6) is 0 Å². The van der Waals surface area contributed by atoms with Crippen LogP contribution in [-0.4, -0.2) is 18.1 Å². The lowest BCUT2D eigenvalue weighted by molar-refractivity contribution is 0.279. The van der Waals surface area contributed by atoms with E-state index in [-0.39, 0.29) is 0 Å². The Labute approximate surface area is 111 Å². The van der Waals surface area contributed by atoms with E-state index in [1.165, 1.54) is 36.9 Å². The first kappa shape index (κ1) is 11.4. The number of nitrogens with zero attached hydrogens (tertiary/aromatic N) is 1. The van der Waals surface area contributed by atoms with Crippen LogP contribution in [0.2, 0.25) is 0 Å². The predicted molar refractivity (Wildman–Crippen MR) is 73.6 cm³/mol. The van der Waals surface area contributed by atoms with Crippen LogP contribution in [0.15, 0.2) is 29.0 Å². The molecule has 0 radical (unpaired) electrons. The van der Waals surface area contributed by atoms with E-state index >= 15 is 0 Å². The minimum absolute atomic E-state index is 0.733. The van der Waals surface area contributed by atoms with Gasteiger partial charge in [-0.05, 0) is 70.8 Å². The van der Waals surface area contributed by atoms with Gasteiger partial charge >= 0.3 is 0 Å². The topological polar surface area (TPSA) is 24.9 Å². The molecule has 3 rings (SSSR count). The molecule has 1 aliphatic carbocycles. The largest absolute Gasteiger partial charge is 0.316 e. The highest BCUT2D eigenvalue weighted by Crippen LogP contribution is 2.36. The summed E-state index contributed by atoms with van der Waals surface area (Å²) in [6.45, 7) is 2.35. The molecule has 0 unspecified atom stereocenters. The Balaban J connectivity index is 1.84. The summed E-state index contributed by atoms with van der Waals surface area (Å²) in [5.74, 6) is 1.64. The number of piperidine rings is 1. The molecule has 17 heavy (non-hydrogen) atoms. The zero-order chi connectivity index (χ0) is 11.7. The Morgan fingerprint density at radius 2 is 2.24 bits per heavy atom. The van der Waals surface area contributed by atoms with Crippen LogP contribution >= 0.6 is 15.9 Å². The smallest absolute Gasteiger partial charge is 0.106 e. The van der Waals surface area contributed by atoms with Gasteiger partial charge in [0.05, 0.1) is 0 Å². The van der Waals surface area contributed by atoms with Gasteiger partial charge < -0.3 is 5.32 Å². The van der Waals surface area contributed by atoms with Crippen molar-refractivity contribution in [2.75, 3.05) is 13.1 Å². The molecule has 0 saturated carbocycles. The Bertz CT molecular complexity index is 424. The van der Waals surface area contributed by atoms with Crippen molar-refractivity contribution in [3.63, 3.8) is 0 Å². The van der Waals surface area contributed by atoms with Gasteiger partial charge in [-0.1, -0.05) is 12.1 Å². The maximum atomic E-state index is 4.32. The van der Waals surface area contributed by atoms with Gasteiger partial charge in [0, 0.05) is 12.7 Å². The molecule has 1 N–H and O–H groups in total. The van der Waals surface area contributed by atoms with Gasteiger partial charge in [0.2, 0.25) is 0 Å². The van der Waals surface area contributed by atoms with E-state index in [9.17, 15) is 0 Å². The fourth-order valence-corrected chi connectivity index (χ4v) is 3.21. The first-order valence-electron chi connectivity index (χ1n) is 6.36. The molecule has 1 aliphatic heterocycles. The van der Waals surface area contributed by atoms with E-state index in [4.69, 9.17) is 0 Å². The van der Waals surface area contributed by atoms with Gasteiger partial charge in [-0.2, -0.15) is 0 Å². The SMILES string of the molecule is Brc1ccc(C2=C[C@H]3CNCC[C@H]3CC2)cn1. The minimum Gasteiger partial charge on any atom is -0.316 e. The van der Waals surface area contributed by atoms with Gasteiger partial charge in [0.25, 0.3) is 0 Å². The maximum Gasteiger partial charge on any atom is 0.106 e. The summed E-state index contributed by atoms with van der Waals surface area (Å²) < 4.78 is 0.912. The number of hydrogen-bond acceptors (Lipinski definition) is 2. The van der Waals surface area contributed by atoms with Crippen LogP contribution in [0, 0.1) is 11.8 Å². The zero-order valence-electron chi connectivity index (χ0n) is 9.82. The first-order valence-corrected chi connectivity index (χ1v) is 7.15. The quantitative estimate of drug-likeness (QED) is 0.804. The molecule has 0 amide bonds. The summed E-state index contributed by atoms with van der Waals surface area (Å²) in [7, 11) is 0. The molecule has 1 fully saturated rings. The maximum absolute atomic E-state index is 4.32. The fraction of sp³-hybridized carbons (Fsp3) is 0.500.